The van der Waals surface area contributed by atoms with Crippen LogP contribution in [0, 0.1) is 6.92 Å². The molecule has 2 aromatic rings. The number of aryl methyl sites for hydroxylation is 3. The normalized spacial score (nSPS) is 10.5. The lowest BCUT2D eigenvalue weighted by molar-refractivity contribution is 0.412. The molecule has 3 nitrogen and oxygen atoms in total. The van der Waals surface area contributed by atoms with Crippen LogP contribution >= 0.6 is 15.9 Å². The van der Waals surface area contributed by atoms with Crippen LogP contribution < -0.4 is 4.74 Å². The van der Waals surface area contributed by atoms with E-state index in [1.165, 1.54) is 5.56 Å². The first kappa shape index (κ1) is 12.2. The van der Waals surface area contributed by atoms with E-state index in [1.54, 1.807) is 7.11 Å². The van der Waals surface area contributed by atoms with Gasteiger partial charge in [0.05, 0.1) is 17.3 Å². The van der Waals surface area contributed by atoms with Gasteiger partial charge in [0.25, 0.3) is 0 Å². The molecule has 0 saturated carbocycles. The predicted molar refractivity (Wildman–Crippen MR) is 71.4 cm³/mol. The molecule has 0 aliphatic rings. The zero-order valence-corrected chi connectivity index (χ0v) is 11.5. The maximum absolute atomic E-state index is 5.20. The van der Waals surface area contributed by atoms with Crippen molar-refractivity contribution in [1.29, 1.82) is 0 Å². The van der Waals surface area contributed by atoms with E-state index in [2.05, 4.69) is 44.3 Å². The van der Waals surface area contributed by atoms with Crippen molar-refractivity contribution in [3.63, 3.8) is 0 Å². The third-order valence-electron chi connectivity index (χ3n) is 2.65. The van der Waals surface area contributed by atoms with E-state index < -0.39 is 0 Å². The Balaban J connectivity index is 2.02. The van der Waals surface area contributed by atoms with E-state index in [0.717, 1.165) is 34.5 Å². The van der Waals surface area contributed by atoms with Gasteiger partial charge in [-0.2, -0.15) is 5.10 Å². The number of H-pyrrole nitrogens is 1. The topological polar surface area (TPSA) is 37.9 Å². The van der Waals surface area contributed by atoms with Gasteiger partial charge in [-0.1, -0.05) is 6.07 Å². The molecule has 1 heterocycles. The third kappa shape index (κ3) is 3.09. The highest BCUT2D eigenvalue weighted by molar-refractivity contribution is 9.10. The number of rotatable bonds is 4. The van der Waals surface area contributed by atoms with Gasteiger partial charge in [-0.25, -0.2) is 0 Å². The largest absolute Gasteiger partial charge is 0.496 e. The van der Waals surface area contributed by atoms with Crippen LogP contribution in [0.4, 0.5) is 0 Å². The van der Waals surface area contributed by atoms with Crippen molar-refractivity contribution in [2.75, 3.05) is 7.11 Å². The number of hydrogen-bond acceptors (Lipinski definition) is 2. The first-order valence-electron chi connectivity index (χ1n) is 5.52. The van der Waals surface area contributed by atoms with Crippen LogP contribution in [0.1, 0.15) is 17.0 Å². The fourth-order valence-electron chi connectivity index (χ4n) is 1.74. The molecule has 0 saturated heterocycles. The van der Waals surface area contributed by atoms with Gasteiger partial charge < -0.3 is 4.74 Å². The van der Waals surface area contributed by atoms with Gasteiger partial charge in [-0.3, -0.25) is 5.10 Å². The van der Waals surface area contributed by atoms with Gasteiger partial charge in [-0.15, -0.1) is 0 Å². The molecular weight excluding hydrogens is 280 g/mol. The Labute approximate surface area is 109 Å². The standard InChI is InChI=1S/C13H15BrN2O/c1-9-7-11(16-15-9)5-3-10-4-6-13(17-2)12(14)8-10/h4,6-8H,3,5H2,1-2H3,(H,15,16). The molecule has 2 rings (SSSR count). The zero-order valence-electron chi connectivity index (χ0n) is 9.96. The molecule has 1 N–H and O–H groups in total. The average Bonchev–Trinajstić information content (AvgIpc) is 2.73. The fourth-order valence-corrected chi connectivity index (χ4v) is 2.33. The molecule has 17 heavy (non-hydrogen) atoms. The molecule has 1 aromatic carbocycles. The SMILES string of the molecule is COc1ccc(CCc2cc(C)[nH]n2)cc1Br. The molecule has 0 spiro atoms. The predicted octanol–water partition coefficient (Wildman–Crippen LogP) is 3.27. The molecule has 0 unspecified atom stereocenters. The van der Waals surface area contributed by atoms with Gasteiger partial charge in [0, 0.05) is 5.69 Å². The Morgan fingerprint density at radius 1 is 1.29 bits per heavy atom. The number of benzene rings is 1. The quantitative estimate of drug-likeness (QED) is 0.940. The van der Waals surface area contributed by atoms with Crippen LogP contribution in [0.2, 0.25) is 0 Å². The van der Waals surface area contributed by atoms with Crippen LogP contribution in [0.3, 0.4) is 0 Å². The van der Waals surface area contributed by atoms with Crippen molar-refractivity contribution < 1.29 is 4.74 Å². The smallest absolute Gasteiger partial charge is 0.133 e. The molecule has 0 aliphatic carbocycles. The summed E-state index contributed by atoms with van der Waals surface area (Å²) in [5.41, 5.74) is 3.49. The third-order valence-corrected chi connectivity index (χ3v) is 3.26. The summed E-state index contributed by atoms with van der Waals surface area (Å²) in [5.74, 6) is 0.865. The zero-order chi connectivity index (χ0) is 12.3. The van der Waals surface area contributed by atoms with Crippen LogP contribution in [-0.4, -0.2) is 17.3 Å². The van der Waals surface area contributed by atoms with E-state index >= 15 is 0 Å². The van der Waals surface area contributed by atoms with E-state index in [-0.39, 0.29) is 0 Å². The molecule has 0 bridgehead atoms. The summed E-state index contributed by atoms with van der Waals surface area (Å²) in [4.78, 5) is 0. The summed E-state index contributed by atoms with van der Waals surface area (Å²) in [5, 5.41) is 7.18. The molecule has 0 radical (unpaired) electrons. The summed E-state index contributed by atoms with van der Waals surface area (Å²) >= 11 is 3.49. The first-order chi connectivity index (χ1) is 8.19. The van der Waals surface area contributed by atoms with Crippen LogP contribution in [0.25, 0.3) is 0 Å². The molecular formula is C13H15BrN2O. The lowest BCUT2D eigenvalue weighted by Crippen LogP contribution is -1.93. The fraction of sp³-hybridized carbons (Fsp3) is 0.308. The van der Waals surface area contributed by atoms with Crippen molar-refractivity contribution in [2.24, 2.45) is 0 Å². The number of hydrogen-bond donors (Lipinski definition) is 1. The monoisotopic (exact) mass is 294 g/mol. The maximum Gasteiger partial charge on any atom is 0.133 e. The van der Waals surface area contributed by atoms with Crippen LogP contribution in [-0.2, 0) is 12.8 Å². The van der Waals surface area contributed by atoms with Crippen molar-refractivity contribution >= 4 is 15.9 Å². The molecule has 1 aromatic heterocycles. The number of aromatic amines is 1. The highest BCUT2D eigenvalue weighted by atomic mass is 79.9. The number of halogens is 1. The second kappa shape index (κ2) is 5.36. The van der Waals surface area contributed by atoms with Crippen molar-refractivity contribution in [3.05, 3.63) is 45.7 Å². The minimum absolute atomic E-state index is 0.865. The van der Waals surface area contributed by atoms with Gasteiger partial charge in [-0.05, 0) is 59.5 Å². The lowest BCUT2D eigenvalue weighted by Gasteiger charge is -2.05. The molecule has 0 fully saturated rings. The average molecular weight is 295 g/mol. The molecule has 0 amide bonds. The second-order valence-corrected chi connectivity index (χ2v) is 4.87. The Hall–Kier alpha value is -1.29. The number of ether oxygens (including phenoxy) is 1. The summed E-state index contributed by atoms with van der Waals surface area (Å²) in [6, 6.07) is 8.25. The van der Waals surface area contributed by atoms with E-state index in [9.17, 15) is 0 Å². The summed E-state index contributed by atoms with van der Waals surface area (Å²) < 4.78 is 6.20. The Morgan fingerprint density at radius 2 is 2.12 bits per heavy atom. The van der Waals surface area contributed by atoms with Crippen LogP contribution in [0.15, 0.2) is 28.7 Å². The number of nitrogens with one attached hydrogen (secondary N) is 1. The van der Waals surface area contributed by atoms with Crippen LogP contribution in [0.5, 0.6) is 5.75 Å². The number of nitrogens with zero attached hydrogens (tertiary/aromatic N) is 1. The molecule has 0 aliphatic heterocycles. The second-order valence-electron chi connectivity index (χ2n) is 4.01. The van der Waals surface area contributed by atoms with Gasteiger partial charge in [0.2, 0.25) is 0 Å². The Morgan fingerprint density at radius 3 is 2.71 bits per heavy atom. The van der Waals surface area contributed by atoms with Gasteiger partial charge >= 0.3 is 0 Å². The summed E-state index contributed by atoms with van der Waals surface area (Å²) in [7, 11) is 1.67. The Bertz CT molecular complexity index is 508. The van der Waals surface area contributed by atoms with E-state index in [4.69, 9.17) is 4.74 Å². The van der Waals surface area contributed by atoms with Crippen molar-refractivity contribution in [1.82, 2.24) is 10.2 Å². The summed E-state index contributed by atoms with van der Waals surface area (Å²) in [6.45, 7) is 2.01. The van der Waals surface area contributed by atoms with E-state index in [0.29, 0.717) is 0 Å². The highest BCUT2D eigenvalue weighted by Gasteiger charge is 2.03. The first-order valence-corrected chi connectivity index (χ1v) is 6.31. The summed E-state index contributed by atoms with van der Waals surface area (Å²) in [6.07, 6.45) is 1.93. The van der Waals surface area contributed by atoms with E-state index in [1.807, 2.05) is 13.0 Å². The lowest BCUT2D eigenvalue weighted by atomic mass is 10.1. The van der Waals surface area contributed by atoms with Gasteiger partial charge in [0.1, 0.15) is 5.75 Å². The minimum atomic E-state index is 0.865. The Kier molecular flexibility index (Phi) is 3.84. The van der Waals surface area contributed by atoms with Crippen molar-refractivity contribution in [2.45, 2.75) is 19.8 Å². The highest BCUT2D eigenvalue weighted by Crippen LogP contribution is 2.25. The minimum Gasteiger partial charge on any atom is -0.496 e. The maximum atomic E-state index is 5.20. The molecule has 90 valence electrons. The van der Waals surface area contributed by atoms with Gasteiger partial charge in [0.15, 0.2) is 0 Å². The molecule has 4 heteroatoms. The number of methoxy groups -OCH3 is 1. The number of aromatic nitrogens is 2. The molecule has 0 atom stereocenters. The van der Waals surface area contributed by atoms with Crippen molar-refractivity contribution in [3.8, 4) is 5.75 Å².